The minimum atomic E-state index is -0.440. The minimum Gasteiger partial charge on any atom is -0.466 e. The van der Waals surface area contributed by atoms with Gasteiger partial charge in [-0.25, -0.2) is 0 Å². The van der Waals surface area contributed by atoms with E-state index in [4.69, 9.17) is 0 Å². The zero-order valence-electron chi connectivity index (χ0n) is 10.8. The summed E-state index contributed by atoms with van der Waals surface area (Å²) in [6.45, 7) is 7.97. The second-order valence-electron chi connectivity index (χ2n) is 3.73. The molecule has 0 heterocycles. The van der Waals surface area contributed by atoms with Crippen LogP contribution in [0.5, 0.6) is 0 Å². The molecular weight excluding hydrogens is 283 g/mol. The van der Waals surface area contributed by atoms with Gasteiger partial charge in [-0.3, -0.25) is 9.59 Å². The summed E-state index contributed by atoms with van der Waals surface area (Å²) in [4.78, 5) is 20.6. The molecule has 0 saturated carbocycles. The van der Waals surface area contributed by atoms with Crippen molar-refractivity contribution in [3.63, 3.8) is 0 Å². The van der Waals surface area contributed by atoms with Gasteiger partial charge in [0.05, 0.1) is 6.61 Å². The van der Waals surface area contributed by atoms with Crippen molar-refractivity contribution in [1.29, 1.82) is 0 Å². The van der Waals surface area contributed by atoms with Gasteiger partial charge in [-0.1, -0.05) is 0 Å². The van der Waals surface area contributed by atoms with E-state index in [1.54, 1.807) is 31.6 Å². The number of hydrogen-bond acceptors (Lipinski definition) is 3. The molecule has 93 valence electrons. The van der Waals surface area contributed by atoms with E-state index in [1.165, 1.54) is 26.2 Å². The molecule has 0 rings (SSSR count). The molecule has 0 N–H and O–H groups in total. The fourth-order valence-corrected chi connectivity index (χ4v) is 1.43. The van der Waals surface area contributed by atoms with Gasteiger partial charge < -0.3 is 4.74 Å². The molecule has 0 aromatic rings. The van der Waals surface area contributed by atoms with Crippen LogP contribution in [0.4, 0.5) is 0 Å². The van der Waals surface area contributed by atoms with Crippen LogP contribution in [-0.2, 0) is 39.0 Å². The number of hydrogen-bond donors (Lipinski definition) is 0. The number of carbonyl (C=O) groups is 2. The Bertz CT molecular complexity index is 191. The number of esters is 1. The van der Waals surface area contributed by atoms with Crippen molar-refractivity contribution in [2.45, 2.75) is 57.0 Å². The molecule has 0 radical (unpaired) electrons. The Labute approximate surface area is 114 Å². The van der Waals surface area contributed by atoms with E-state index in [2.05, 4.69) is 18.6 Å². The molecule has 0 aliphatic carbocycles. The number of carbonyl (C=O) groups excluding carboxylic acids is 2. The van der Waals surface area contributed by atoms with Gasteiger partial charge in [0.25, 0.3) is 0 Å². The summed E-state index contributed by atoms with van der Waals surface area (Å²) in [5.41, 5.74) is 0. The number of rotatable bonds is 6. The van der Waals surface area contributed by atoms with E-state index in [0.29, 0.717) is 6.61 Å². The van der Waals surface area contributed by atoms with E-state index in [0.717, 1.165) is 3.63 Å². The third kappa shape index (κ3) is 19.6. The smallest absolute Gasteiger partial charge is 0.313 e. The summed E-state index contributed by atoms with van der Waals surface area (Å²) in [6.07, 6.45) is 4.12. The van der Waals surface area contributed by atoms with Crippen molar-refractivity contribution >= 4 is 11.8 Å². The largest absolute Gasteiger partial charge is 0.466 e. The normalized spacial score (nSPS) is 10.9. The van der Waals surface area contributed by atoms with Crippen LogP contribution in [0.15, 0.2) is 0 Å². The Morgan fingerprint density at radius 3 is 2.12 bits per heavy atom. The van der Waals surface area contributed by atoms with Gasteiger partial charge >= 0.3 is 67.4 Å². The fourth-order valence-electron chi connectivity index (χ4n) is 0.926. The molecule has 0 spiro atoms. The Balaban J connectivity index is 0. The summed E-state index contributed by atoms with van der Waals surface area (Å²) in [6, 6.07) is 0. The average Bonchev–Trinajstić information content (AvgIpc) is 2.14. The van der Waals surface area contributed by atoms with Gasteiger partial charge in [-0.05, 0) is 13.8 Å². The average molecular weight is 307 g/mol. The Morgan fingerprint density at radius 1 is 1.31 bits per heavy atom. The van der Waals surface area contributed by atoms with Crippen LogP contribution in [0.1, 0.15) is 53.4 Å². The second kappa shape index (κ2) is 13.1. The summed E-state index contributed by atoms with van der Waals surface area (Å²) < 4.78 is 5.49. The van der Waals surface area contributed by atoms with Gasteiger partial charge in [-0.15, -0.1) is 0 Å². The van der Waals surface area contributed by atoms with Crippen LogP contribution >= 0.6 is 0 Å². The fraction of sp³-hybridized carbons (Fsp3) is 0.833. The second-order valence-corrected chi connectivity index (χ2v) is 6.15. The minimum absolute atomic E-state index is 0.103. The standard InChI is InChI=1S/C6H10O3.C6H13.Zr/c1-3-9-6(8)4-5(2)7;1-3-5-6-4-2;/h3-4H2,1-2H3;3H,4-6H2,1-2H3;. The van der Waals surface area contributed by atoms with Crippen molar-refractivity contribution in [3.05, 3.63) is 0 Å². The van der Waals surface area contributed by atoms with Crippen LogP contribution in [0, 0.1) is 0 Å². The summed E-state index contributed by atoms with van der Waals surface area (Å²) in [5, 5.41) is 0. The first kappa shape index (κ1) is 18.4. The van der Waals surface area contributed by atoms with Crippen molar-refractivity contribution in [2.24, 2.45) is 0 Å². The number of unbranched alkanes of at least 4 members (excludes halogenated alkanes) is 1. The summed E-state index contributed by atoms with van der Waals surface area (Å²) >= 11 is 1.70. The first-order valence-electron chi connectivity index (χ1n) is 5.80. The quantitative estimate of drug-likeness (QED) is 0.559. The van der Waals surface area contributed by atoms with E-state index in [-0.39, 0.29) is 12.2 Å². The maximum atomic E-state index is 10.4. The molecule has 0 amide bonds. The van der Waals surface area contributed by atoms with Gasteiger partial charge in [0.1, 0.15) is 12.2 Å². The van der Waals surface area contributed by atoms with Crippen molar-refractivity contribution in [3.8, 4) is 0 Å². The predicted octanol–water partition coefficient (Wildman–Crippen LogP) is 3.06. The molecule has 0 aliphatic rings. The van der Waals surface area contributed by atoms with Crippen LogP contribution in [0.2, 0.25) is 3.63 Å². The third-order valence-corrected chi connectivity index (χ3v) is 2.40. The molecule has 1 atom stereocenters. The molecule has 4 heteroatoms. The topological polar surface area (TPSA) is 43.4 Å². The Morgan fingerprint density at radius 2 is 1.88 bits per heavy atom. The summed E-state index contributed by atoms with van der Waals surface area (Å²) in [5.74, 6) is -0.599. The van der Waals surface area contributed by atoms with Crippen molar-refractivity contribution in [2.75, 3.05) is 6.61 Å². The SMILES string of the molecule is CCCC[CH](C)[Zr].CCOC(=O)CC(C)=O. The first-order chi connectivity index (χ1) is 7.43. The number of ketones is 1. The molecule has 0 aliphatic heterocycles. The molecule has 0 saturated heterocycles. The zero-order valence-corrected chi connectivity index (χ0v) is 13.3. The molecule has 3 nitrogen and oxygen atoms in total. The number of ether oxygens (including phenoxy) is 1. The van der Waals surface area contributed by atoms with E-state index < -0.39 is 5.97 Å². The molecule has 16 heavy (non-hydrogen) atoms. The monoisotopic (exact) mass is 305 g/mol. The molecule has 0 fully saturated rings. The maximum absolute atomic E-state index is 10.4. The zero-order chi connectivity index (χ0) is 13.0. The molecular formula is C12H23O3Zr. The van der Waals surface area contributed by atoms with E-state index in [9.17, 15) is 9.59 Å². The van der Waals surface area contributed by atoms with Gasteiger partial charge in [0, 0.05) is 0 Å². The molecule has 0 aromatic carbocycles. The van der Waals surface area contributed by atoms with Gasteiger partial charge in [-0.2, -0.15) is 0 Å². The van der Waals surface area contributed by atoms with Gasteiger partial charge in [0.15, 0.2) is 0 Å². The maximum Gasteiger partial charge on any atom is 0.313 e. The van der Waals surface area contributed by atoms with Crippen molar-refractivity contribution in [1.82, 2.24) is 0 Å². The van der Waals surface area contributed by atoms with E-state index >= 15 is 0 Å². The molecule has 0 aromatic heterocycles. The predicted molar refractivity (Wildman–Crippen MR) is 60.9 cm³/mol. The van der Waals surface area contributed by atoms with Crippen LogP contribution in [-0.4, -0.2) is 18.4 Å². The van der Waals surface area contributed by atoms with E-state index in [1.807, 2.05) is 0 Å². The van der Waals surface area contributed by atoms with Crippen LogP contribution in [0.25, 0.3) is 0 Å². The Kier molecular flexibility index (Phi) is 15.0. The Hall–Kier alpha value is 0.0231. The number of Topliss-reactive ketones (excluding diaryl/α,β-unsaturated/α-hetero) is 1. The van der Waals surface area contributed by atoms with Gasteiger partial charge in [0.2, 0.25) is 0 Å². The van der Waals surface area contributed by atoms with Crippen LogP contribution < -0.4 is 0 Å². The first-order valence-corrected chi connectivity index (χ1v) is 7.22. The summed E-state index contributed by atoms with van der Waals surface area (Å²) in [7, 11) is 0. The van der Waals surface area contributed by atoms with Crippen molar-refractivity contribution < 1.29 is 39.0 Å². The van der Waals surface area contributed by atoms with Crippen LogP contribution in [0.3, 0.4) is 0 Å². The third-order valence-electron chi connectivity index (χ3n) is 1.69. The molecule has 0 bridgehead atoms. The molecule has 1 unspecified atom stereocenters.